The summed E-state index contributed by atoms with van der Waals surface area (Å²) in [7, 11) is 0. The number of nitrogens with one attached hydrogen (secondary N) is 1. The quantitative estimate of drug-likeness (QED) is 0.452. The Labute approximate surface area is 110 Å². The molecule has 1 rings (SSSR count). The number of hydrazone groups is 1. The molecule has 0 spiro atoms. The molecule has 0 fully saturated rings. The maximum Gasteiger partial charge on any atom is 0.303 e. The summed E-state index contributed by atoms with van der Waals surface area (Å²) in [6.45, 7) is 1.87. The number of carboxylic acids is 1. The third-order valence-electron chi connectivity index (χ3n) is 2.17. The van der Waals surface area contributed by atoms with Gasteiger partial charge in [-0.05, 0) is 38.3 Å². The lowest BCUT2D eigenvalue weighted by molar-refractivity contribution is -0.137. The summed E-state index contributed by atoms with van der Waals surface area (Å²) in [5.74, 6) is -0.247. The summed E-state index contributed by atoms with van der Waals surface area (Å²) in [4.78, 5) is 10.3. The van der Waals surface area contributed by atoms with E-state index in [1.165, 1.54) is 0 Å². The molecule has 0 saturated carbocycles. The SMILES string of the molecule is C/C(CCCCC(=O)O)=N/Nc1ccc(Cl)nn1. The second-order valence-electron chi connectivity index (χ2n) is 3.80. The van der Waals surface area contributed by atoms with Crippen LogP contribution in [0.15, 0.2) is 17.2 Å². The monoisotopic (exact) mass is 270 g/mol. The minimum atomic E-state index is -0.765. The standard InChI is InChI=1S/C11H15ClN4O2/c1-8(4-2-3-5-11(17)18)13-15-10-7-6-9(12)14-16-10/h6-7H,2-5H2,1H3,(H,15,16)(H,17,18)/b13-8-. The number of nitrogens with zero attached hydrogens (tertiary/aromatic N) is 3. The maximum absolute atomic E-state index is 10.3. The minimum absolute atomic E-state index is 0.198. The van der Waals surface area contributed by atoms with E-state index in [9.17, 15) is 4.79 Å². The highest BCUT2D eigenvalue weighted by molar-refractivity contribution is 6.29. The molecule has 0 unspecified atom stereocenters. The number of halogens is 1. The molecule has 1 aromatic rings. The zero-order valence-corrected chi connectivity index (χ0v) is 10.8. The first kappa shape index (κ1) is 14.4. The molecule has 2 N–H and O–H groups in total. The van der Waals surface area contributed by atoms with Gasteiger partial charge in [-0.15, -0.1) is 10.2 Å². The van der Waals surface area contributed by atoms with E-state index in [1.54, 1.807) is 12.1 Å². The molecular weight excluding hydrogens is 256 g/mol. The topological polar surface area (TPSA) is 87.5 Å². The van der Waals surface area contributed by atoms with E-state index in [4.69, 9.17) is 16.7 Å². The minimum Gasteiger partial charge on any atom is -0.481 e. The van der Waals surface area contributed by atoms with Crippen LogP contribution in [0.3, 0.4) is 0 Å². The fraction of sp³-hybridized carbons (Fsp3) is 0.455. The van der Waals surface area contributed by atoms with Crippen molar-refractivity contribution in [2.45, 2.75) is 32.6 Å². The van der Waals surface area contributed by atoms with Crippen molar-refractivity contribution in [3.05, 3.63) is 17.3 Å². The smallest absolute Gasteiger partial charge is 0.303 e. The summed E-state index contributed by atoms with van der Waals surface area (Å²) in [5, 5.41) is 20.4. The molecule has 0 atom stereocenters. The molecule has 0 aliphatic carbocycles. The largest absolute Gasteiger partial charge is 0.481 e. The van der Waals surface area contributed by atoms with Crippen LogP contribution in [0.25, 0.3) is 0 Å². The number of hydrogen-bond acceptors (Lipinski definition) is 5. The molecule has 0 amide bonds. The lowest BCUT2D eigenvalue weighted by atomic mass is 10.1. The number of carbonyl (C=O) groups is 1. The Kier molecular flexibility index (Phi) is 6.07. The summed E-state index contributed by atoms with van der Waals surface area (Å²) in [5.41, 5.74) is 3.65. The normalized spacial score (nSPS) is 11.3. The van der Waals surface area contributed by atoms with E-state index in [-0.39, 0.29) is 6.42 Å². The highest BCUT2D eigenvalue weighted by Crippen LogP contribution is 2.06. The average Bonchev–Trinajstić information content (AvgIpc) is 2.34. The Morgan fingerprint density at radius 1 is 1.39 bits per heavy atom. The van der Waals surface area contributed by atoms with Crippen molar-refractivity contribution in [2.75, 3.05) is 5.43 Å². The van der Waals surface area contributed by atoms with E-state index in [0.29, 0.717) is 17.4 Å². The Balaban J connectivity index is 2.28. The van der Waals surface area contributed by atoms with E-state index >= 15 is 0 Å². The van der Waals surface area contributed by atoms with E-state index < -0.39 is 5.97 Å². The van der Waals surface area contributed by atoms with Gasteiger partial charge < -0.3 is 5.11 Å². The first-order valence-electron chi connectivity index (χ1n) is 5.58. The van der Waals surface area contributed by atoms with Crippen LogP contribution in [0.1, 0.15) is 32.6 Å². The zero-order valence-electron chi connectivity index (χ0n) is 10.1. The van der Waals surface area contributed by atoms with Gasteiger partial charge >= 0.3 is 5.97 Å². The number of unbranched alkanes of at least 4 members (excludes halogenated alkanes) is 1. The van der Waals surface area contributed by atoms with Gasteiger partial charge in [-0.25, -0.2) is 0 Å². The molecule has 0 bridgehead atoms. The lowest BCUT2D eigenvalue weighted by Crippen LogP contribution is -2.01. The van der Waals surface area contributed by atoms with Crippen LogP contribution in [0.2, 0.25) is 5.15 Å². The van der Waals surface area contributed by atoms with Crippen LogP contribution in [-0.2, 0) is 4.79 Å². The molecular formula is C11H15ClN4O2. The average molecular weight is 271 g/mol. The molecule has 1 aromatic heterocycles. The van der Waals surface area contributed by atoms with Gasteiger partial charge in [0.25, 0.3) is 0 Å². The number of carboxylic acid groups (broad SMARTS) is 1. The second kappa shape index (κ2) is 7.60. The van der Waals surface area contributed by atoms with Crippen LogP contribution in [0, 0.1) is 0 Å². The van der Waals surface area contributed by atoms with Gasteiger partial charge in [-0.3, -0.25) is 10.2 Å². The van der Waals surface area contributed by atoms with Crippen LogP contribution < -0.4 is 5.43 Å². The predicted molar refractivity (Wildman–Crippen MR) is 69.9 cm³/mol. The molecule has 1 heterocycles. The summed E-state index contributed by atoms with van der Waals surface area (Å²) in [6.07, 6.45) is 2.41. The number of hydrogen-bond donors (Lipinski definition) is 2. The van der Waals surface area contributed by atoms with Gasteiger partial charge in [-0.2, -0.15) is 5.10 Å². The molecule has 18 heavy (non-hydrogen) atoms. The first-order chi connectivity index (χ1) is 8.58. The maximum atomic E-state index is 10.3. The third kappa shape index (κ3) is 6.15. The van der Waals surface area contributed by atoms with Gasteiger partial charge in [-0.1, -0.05) is 11.6 Å². The predicted octanol–water partition coefficient (Wildman–Crippen LogP) is 2.56. The second-order valence-corrected chi connectivity index (χ2v) is 4.19. The van der Waals surface area contributed by atoms with Crippen LogP contribution >= 0.6 is 11.6 Å². The van der Waals surface area contributed by atoms with Crippen molar-refractivity contribution in [1.29, 1.82) is 0 Å². The third-order valence-corrected chi connectivity index (χ3v) is 2.37. The fourth-order valence-corrected chi connectivity index (χ4v) is 1.34. The van der Waals surface area contributed by atoms with Crippen molar-refractivity contribution < 1.29 is 9.90 Å². The fourth-order valence-electron chi connectivity index (χ4n) is 1.24. The summed E-state index contributed by atoms with van der Waals surface area (Å²) < 4.78 is 0. The molecule has 0 radical (unpaired) electrons. The Hall–Kier alpha value is -1.69. The molecule has 6 nitrogen and oxygen atoms in total. The molecule has 98 valence electrons. The van der Waals surface area contributed by atoms with Gasteiger partial charge in [0.2, 0.25) is 0 Å². The lowest BCUT2D eigenvalue weighted by Gasteiger charge is -2.01. The van der Waals surface area contributed by atoms with E-state index in [1.807, 2.05) is 6.92 Å². The van der Waals surface area contributed by atoms with Gasteiger partial charge in [0.05, 0.1) is 0 Å². The molecule has 0 saturated heterocycles. The molecule has 0 aromatic carbocycles. The van der Waals surface area contributed by atoms with Crippen LogP contribution in [0.4, 0.5) is 5.82 Å². The van der Waals surface area contributed by atoms with Crippen LogP contribution in [0.5, 0.6) is 0 Å². The van der Waals surface area contributed by atoms with Crippen molar-refractivity contribution in [1.82, 2.24) is 10.2 Å². The highest BCUT2D eigenvalue weighted by Gasteiger charge is 1.98. The van der Waals surface area contributed by atoms with Gasteiger partial charge in [0, 0.05) is 12.1 Å². The van der Waals surface area contributed by atoms with Crippen molar-refractivity contribution in [3.63, 3.8) is 0 Å². The Bertz CT molecular complexity index is 420. The van der Waals surface area contributed by atoms with Crippen LogP contribution in [-0.4, -0.2) is 27.0 Å². The number of rotatable bonds is 7. The van der Waals surface area contributed by atoms with E-state index in [2.05, 4.69) is 20.7 Å². The highest BCUT2D eigenvalue weighted by atomic mass is 35.5. The Morgan fingerprint density at radius 3 is 2.72 bits per heavy atom. The number of aromatic nitrogens is 2. The number of anilines is 1. The summed E-state index contributed by atoms with van der Waals surface area (Å²) in [6, 6.07) is 3.30. The van der Waals surface area contributed by atoms with Gasteiger partial charge in [0.1, 0.15) is 0 Å². The number of aliphatic carboxylic acids is 1. The first-order valence-corrected chi connectivity index (χ1v) is 5.96. The molecule has 0 aliphatic heterocycles. The molecule has 7 heteroatoms. The zero-order chi connectivity index (χ0) is 13.4. The Morgan fingerprint density at radius 2 is 2.11 bits per heavy atom. The van der Waals surface area contributed by atoms with Crippen molar-refractivity contribution in [2.24, 2.45) is 5.10 Å². The summed E-state index contributed by atoms with van der Waals surface area (Å²) >= 11 is 5.60. The van der Waals surface area contributed by atoms with Gasteiger partial charge in [0.15, 0.2) is 11.0 Å². The van der Waals surface area contributed by atoms with E-state index in [0.717, 1.165) is 18.6 Å². The van der Waals surface area contributed by atoms with Crippen molar-refractivity contribution in [3.8, 4) is 0 Å². The van der Waals surface area contributed by atoms with Crippen molar-refractivity contribution >= 4 is 29.1 Å². The molecule has 0 aliphatic rings.